The van der Waals surface area contributed by atoms with Gasteiger partial charge in [0, 0.05) is 30.7 Å². The third kappa shape index (κ3) is 2.15. The summed E-state index contributed by atoms with van der Waals surface area (Å²) in [6.45, 7) is 4.80. The molecule has 1 aliphatic carbocycles. The lowest BCUT2D eigenvalue weighted by atomic mass is 9.64. The van der Waals surface area contributed by atoms with Crippen LogP contribution >= 0.6 is 0 Å². The summed E-state index contributed by atoms with van der Waals surface area (Å²) >= 11 is 0. The van der Waals surface area contributed by atoms with E-state index >= 15 is 0 Å². The Kier molecular flexibility index (Phi) is 3.45. The minimum Gasteiger partial charge on any atom is -0.475 e. The molecule has 2 rings (SSSR count). The second kappa shape index (κ2) is 4.74. The molecule has 1 aliphatic rings. The van der Waals surface area contributed by atoms with Gasteiger partial charge in [0.05, 0.1) is 12.4 Å². The average Bonchev–Trinajstić information content (AvgIpc) is 2.76. The molecule has 18 heavy (non-hydrogen) atoms. The van der Waals surface area contributed by atoms with Crippen molar-refractivity contribution < 1.29 is 19.1 Å². The molecule has 1 aromatic rings. The van der Waals surface area contributed by atoms with Gasteiger partial charge in [0.25, 0.3) is 0 Å². The number of hydrogen-bond acceptors (Lipinski definition) is 4. The highest BCUT2D eigenvalue weighted by Crippen LogP contribution is 2.42. The first kappa shape index (κ1) is 13.1. The molecule has 5 heteroatoms. The lowest BCUT2D eigenvalue weighted by Crippen LogP contribution is -2.60. The van der Waals surface area contributed by atoms with Crippen LogP contribution < -0.4 is 5.32 Å². The van der Waals surface area contributed by atoms with Gasteiger partial charge in [-0.05, 0) is 12.5 Å². The third-order valence-electron chi connectivity index (χ3n) is 3.94. The zero-order chi connectivity index (χ0) is 13.3. The Bertz CT molecular complexity index is 438. The van der Waals surface area contributed by atoms with E-state index in [0.717, 1.165) is 6.42 Å². The molecule has 0 aromatic carbocycles. The number of ether oxygens (including phenoxy) is 1. The second-order valence-electron chi connectivity index (χ2n) is 5.30. The van der Waals surface area contributed by atoms with Crippen LogP contribution in [0.15, 0.2) is 16.7 Å². The van der Waals surface area contributed by atoms with Crippen molar-refractivity contribution in [2.75, 3.05) is 7.11 Å². The summed E-state index contributed by atoms with van der Waals surface area (Å²) in [7, 11) is 1.72. The average molecular weight is 253 g/mol. The van der Waals surface area contributed by atoms with Crippen molar-refractivity contribution in [3.05, 3.63) is 23.7 Å². The van der Waals surface area contributed by atoms with Crippen molar-refractivity contribution in [2.24, 2.45) is 5.41 Å². The van der Waals surface area contributed by atoms with Crippen molar-refractivity contribution in [3.63, 3.8) is 0 Å². The molecule has 0 bridgehead atoms. The first-order valence-electron chi connectivity index (χ1n) is 6.02. The van der Waals surface area contributed by atoms with Gasteiger partial charge in [-0.25, -0.2) is 4.79 Å². The summed E-state index contributed by atoms with van der Waals surface area (Å²) < 4.78 is 10.3. The minimum atomic E-state index is -1.03. The molecule has 1 heterocycles. The second-order valence-corrected chi connectivity index (χ2v) is 5.30. The molecule has 2 atom stereocenters. The SMILES string of the molecule is COC1CC(NCc2ccoc2C(=O)O)C1(C)C. The highest BCUT2D eigenvalue weighted by Gasteiger charge is 2.48. The standard InChI is InChI=1S/C13H19NO4/c1-13(2)9(6-10(13)17-3)14-7-8-4-5-18-11(8)12(15)16/h4-5,9-10,14H,6-7H2,1-3H3,(H,15,16). The number of carbonyl (C=O) groups is 1. The van der Waals surface area contributed by atoms with Crippen LogP contribution in [0.2, 0.25) is 0 Å². The van der Waals surface area contributed by atoms with E-state index < -0.39 is 5.97 Å². The predicted molar refractivity (Wildman–Crippen MR) is 65.5 cm³/mol. The van der Waals surface area contributed by atoms with Crippen LogP contribution in [0.1, 0.15) is 36.4 Å². The fraction of sp³-hybridized carbons (Fsp3) is 0.615. The first-order valence-corrected chi connectivity index (χ1v) is 6.02. The van der Waals surface area contributed by atoms with E-state index in [1.807, 2.05) is 0 Å². The van der Waals surface area contributed by atoms with Crippen LogP contribution in [-0.4, -0.2) is 30.3 Å². The molecule has 1 saturated carbocycles. The quantitative estimate of drug-likeness (QED) is 0.838. The fourth-order valence-corrected chi connectivity index (χ4v) is 2.53. The van der Waals surface area contributed by atoms with E-state index in [2.05, 4.69) is 19.2 Å². The van der Waals surface area contributed by atoms with E-state index in [4.69, 9.17) is 14.3 Å². The zero-order valence-corrected chi connectivity index (χ0v) is 10.9. The fourth-order valence-electron chi connectivity index (χ4n) is 2.53. The Morgan fingerprint density at radius 1 is 1.67 bits per heavy atom. The van der Waals surface area contributed by atoms with E-state index in [0.29, 0.717) is 18.2 Å². The lowest BCUT2D eigenvalue weighted by molar-refractivity contribution is -0.0979. The van der Waals surface area contributed by atoms with Gasteiger partial charge in [0.2, 0.25) is 5.76 Å². The monoisotopic (exact) mass is 253 g/mol. The van der Waals surface area contributed by atoms with Gasteiger partial charge >= 0.3 is 5.97 Å². The van der Waals surface area contributed by atoms with Gasteiger partial charge in [-0.2, -0.15) is 0 Å². The summed E-state index contributed by atoms with van der Waals surface area (Å²) in [6.07, 6.45) is 2.62. The lowest BCUT2D eigenvalue weighted by Gasteiger charge is -2.51. The molecule has 1 aromatic heterocycles. The number of rotatable bonds is 5. The van der Waals surface area contributed by atoms with Gasteiger partial charge in [0.1, 0.15) is 0 Å². The number of methoxy groups -OCH3 is 1. The number of hydrogen-bond donors (Lipinski definition) is 2. The molecule has 2 unspecified atom stereocenters. The van der Waals surface area contributed by atoms with Gasteiger partial charge in [-0.15, -0.1) is 0 Å². The molecular weight excluding hydrogens is 234 g/mol. The Hall–Kier alpha value is -1.33. The van der Waals surface area contributed by atoms with Crippen molar-refractivity contribution in [2.45, 2.75) is 39.0 Å². The zero-order valence-electron chi connectivity index (χ0n) is 10.9. The van der Waals surface area contributed by atoms with Crippen LogP contribution in [0.5, 0.6) is 0 Å². The highest BCUT2D eigenvalue weighted by molar-refractivity contribution is 5.86. The molecule has 0 saturated heterocycles. The maximum Gasteiger partial charge on any atom is 0.372 e. The van der Waals surface area contributed by atoms with Crippen LogP contribution in [0.4, 0.5) is 0 Å². The Labute approximate surface area is 106 Å². The number of nitrogens with one attached hydrogen (secondary N) is 1. The minimum absolute atomic E-state index is 0.0166. The summed E-state index contributed by atoms with van der Waals surface area (Å²) in [5, 5.41) is 12.3. The molecular formula is C13H19NO4. The maximum absolute atomic E-state index is 10.9. The van der Waals surface area contributed by atoms with E-state index in [1.54, 1.807) is 13.2 Å². The summed E-state index contributed by atoms with van der Waals surface area (Å²) in [5.74, 6) is -1.01. The number of carboxylic acids is 1. The molecule has 5 nitrogen and oxygen atoms in total. The molecule has 0 aliphatic heterocycles. The number of furan rings is 1. The van der Waals surface area contributed by atoms with Crippen molar-refractivity contribution in [1.82, 2.24) is 5.32 Å². The van der Waals surface area contributed by atoms with Crippen LogP contribution in [0, 0.1) is 5.41 Å². The number of carboxylic acid groups (broad SMARTS) is 1. The third-order valence-corrected chi connectivity index (χ3v) is 3.94. The Morgan fingerprint density at radius 3 is 2.94 bits per heavy atom. The summed E-state index contributed by atoms with van der Waals surface area (Å²) in [5.41, 5.74) is 0.751. The van der Waals surface area contributed by atoms with E-state index in [9.17, 15) is 4.79 Å². The van der Waals surface area contributed by atoms with E-state index in [-0.39, 0.29) is 17.3 Å². The largest absolute Gasteiger partial charge is 0.475 e. The van der Waals surface area contributed by atoms with Gasteiger partial charge < -0.3 is 19.6 Å². The van der Waals surface area contributed by atoms with E-state index in [1.165, 1.54) is 6.26 Å². The van der Waals surface area contributed by atoms with Crippen LogP contribution in [-0.2, 0) is 11.3 Å². The summed E-state index contributed by atoms with van der Waals surface area (Å²) in [4.78, 5) is 10.9. The van der Waals surface area contributed by atoms with Gasteiger partial charge in [0.15, 0.2) is 0 Å². The summed E-state index contributed by atoms with van der Waals surface area (Å²) in [6, 6.07) is 2.02. The van der Waals surface area contributed by atoms with Crippen molar-refractivity contribution in [1.29, 1.82) is 0 Å². The molecule has 2 N–H and O–H groups in total. The number of aromatic carboxylic acids is 1. The molecule has 1 fully saturated rings. The normalized spacial score (nSPS) is 25.7. The Morgan fingerprint density at radius 2 is 2.39 bits per heavy atom. The van der Waals surface area contributed by atoms with Crippen molar-refractivity contribution >= 4 is 5.97 Å². The predicted octanol–water partition coefficient (Wildman–Crippen LogP) is 1.88. The van der Waals surface area contributed by atoms with Gasteiger partial charge in [-0.1, -0.05) is 13.8 Å². The topological polar surface area (TPSA) is 71.7 Å². The molecule has 0 spiro atoms. The smallest absolute Gasteiger partial charge is 0.372 e. The Balaban J connectivity index is 1.93. The molecule has 100 valence electrons. The van der Waals surface area contributed by atoms with Gasteiger partial charge in [-0.3, -0.25) is 0 Å². The molecule has 0 radical (unpaired) electrons. The van der Waals surface area contributed by atoms with Crippen LogP contribution in [0.3, 0.4) is 0 Å². The van der Waals surface area contributed by atoms with Crippen LogP contribution in [0.25, 0.3) is 0 Å². The molecule has 0 amide bonds. The van der Waals surface area contributed by atoms with Crippen molar-refractivity contribution in [3.8, 4) is 0 Å². The maximum atomic E-state index is 10.9. The first-order chi connectivity index (χ1) is 8.46. The highest BCUT2D eigenvalue weighted by atomic mass is 16.5.